The lowest BCUT2D eigenvalue weighted by atomic mass is 9.99. The van der Waals surface area contributed by atoms with Crippen molar-refractivity contribution in [3.8, 4) is 0 Å². The standard InChI is InChI=1S/C20H26N6O/c1-15-7-11-26(12-8-15)14-17-3-5-18(6-4-17)23-20(27)25-24-16(2)19-13-21-9-10-22-19/h3-6,9-10,13,15H,7-8,11-12,14H2,1-2H3,(H2,23,25,27)/b24-16+. The molecule has 0 aliphatic carbocycles. The molecule has 7 nitrogen and oxygen atoms in total. The van der Waals surface area contributed by atoms with Crippen molar-refractivity contribution >= 4 is 17.4 Å². The summed E-state index contributed by atoms with van der Waals surface area (Å²) in [5.74, 6) is 0.839. The molecule has 142 valence electrons. The van der Waals surface area contributed by atoms with Gasteiger partial charge in [-0.3, -0.25) is 14.9 Å². The van der Waals surface area contributed by atoms with Gasteiger partial charge in [0.05, 0.1) is 11.9 Å². The number of carbonyl (C=O) groups excluding carboxylic acids is 1. The number of urea groups is 1. The van der Waals surface area contributed by atoms with Crippen LogP contribution in [0.5, 0.6) is 0 Å². The van der Waals surface area contributed by atoms with Crippen molar-refractivity contribution < 1.29 is 4.79 Å². The first kappa shape index (κ1) is 19.0. The molecule has 1 aliphatic rings. The van der Waals surface area contributed by atoms with E-state index in [0.29, 0.717) is 11.4 Å². The lowest BCUT2D eigenvalue weighted by Crippen LogP contribution is -2.32. The number of likely N-dealkylation sites (tertiary alicyclic amines) is 1. The summed E-state index contributed by atoms with van der Waals surface area (Å²) in [4.78, 5) is 22.6. The zero-order valence-corrected chi connectivity index (χ0v) is 15.9. The van der Waals surface area contributed by atoms with Crippen molar-refractivity contribution in [3.05, 3.63) is 54.1 Å². The Balaban J connectivity index is 1.48. The molecule has 1 fully saturated rings. The monoisotopic (exact) mass is 366 g/mol. The van der Waals surface area contributed by atoms with E-state index in [1.54, 1.807) is 25.5 Å². The van der Waals surface area contributed by atoms with Crippen LogP contribution in [0.15, 0.2) is 48.0 Å². The highest BCUT2D eigenvalue weighted by molar-refractivity contribution is 5.98. The third-order valence-electron chi connectivity index (χ3n) is 4.75. The zero-order chi connectivity index (χ0) is 19.1. The minimum Gasteiger partial charge on any atom is -0.307 e. The molecule has 2 amide bonds. The molecule has 0 saturated carbocycles. The maximum absolute atomic E-state index is 12.0. The van der Waals surface area contributed by atoms with Crippen LogP contribution in [0.4, 0.5) is 10.5 Å². The van der Waals surface area contributed by atoms with E-state index in [-0.39, 0.29) is 0 Å². The molecule has 2 N–H and O–H groups in total. The molecule has 1 aliphatic heterocycles. The van der Waals surface area contributed by atoms with Crippen molar-refractivity contribution in [2.45, 2.75) is 33.2 Å². The van der Waals surface area contributed by atoms with E-state index in [1.807, 2.05) is 12.1 Å². The molecule has 0 bridgehead atoms. The largest absolute Gasteiger partial charge is 0.339 e. The van der Waals surface area contributed by atoms with Crippen LogP contribution in [0, 0.1) is 5.92 Å². The summed E-state index contributed by atoms with van der Waals surface area (Å²) in [6, 6.07) is 7.56. The molecule has 2 aromatic rings. The molecule has 1 aromatic carbocycles. The van der Waals surface area contributed by atoms with Crippen LogP contribution < -0.4 is 10.7 Å². The topological polar surface area (TPSA) is 82.5 Å². The summed E-state index contributed by atoms with van der Waals surface area (Å²) in [7, 11) is 0. The maximum Gasteiger partial charge on any atom is 0.339 e. The Morgan fingerprint density at radius 2 is 1.96 bits per heavy atom. The minimum atomic E-state index is -0.393. The fourth-order valence-corrected chi connectivity index (χ4v) is 3.01. The number of benzene rings is 1. The summed E-state index contributed by atoms with van der Waals surface area (Å²) in [6.45, 7) is 7.36. The first-order chi connectivity index (χ1) is 13.1. The van der Waals surface area contributed by atoms with Crippen molar-refractivity contribution in [1.82, 2.24) is 20.3 Å². The van der Waals surface area contributed by atoms with Gasteiger partial charge in [-0.1, -0.05) is 19.1 Å². The summed E-state index contributed by atoms with van der Waals surface area (Å²) < 4.78 is 0. The number of carbonyl (C=O) groups is 1. The minimum absolute atomic E-state index is 0.393. The van der Waals surface area contributed by atoms with E-state index in [9.17, 15) is 4.79 Å². The van der Waals surface area contributed by atoms with Crippen molar-refractivity contribution in [3.63, 3.8) is 0 Å². The van der Waals surface area contributed by atoms with Gasteiger partial charge in [-0.15, -0.1) is 0 Å². The average Bonchev–Trinajstić information content (AvgIpc) is 2.70. The molecular formula is C20H26N6O. The Hall–Kier alpha value is -2.80. The maximum atomic E-state index is 12.0. The van der Waals surface area contributed by atoms with E-state index >= 15 is 0 Å². The molecular weight excluding hydrogens is 340 g/mol. The van der Waals surface area contributed by atoms with Gasteiger partial charge in [-0.25, -0.2) is 10.2 Å². The van der Waals surface area contributed by atoms with Crippen LogP contribution in [-0.2, 0) is 6.54 Å². The van der Waals surface area contributed by atoms with Gasteiger partial charge in [-0.2, -0.15) is 5.10 Å². The summed E-state index contributed by atoms with van der Waals surface area (Å²) in [5.41, 5.74) is 5.67. The van der Waals surface area contributed by atoms with Gasteiger partial charge in [0.25, 0.3) is 0 Å². The Morgan fingerprint density at radius 3 is 2.63 bits per heavy atom. The molecule has 1 aromatic heterocycles. The highest BCUT2D eigenvalue weighted by atomic mass is 16.2. The second kappa shape index (κ2) is 9.23. The second-order valence-corrected chi connectivity index (χ2v) is 7.01. The van der Waals surface area contributed by atoms with Crippen molar-refractivity contribution in [2.75, 3.05) is 18.4 Å². The van der Waals surface area contributed by atoms with Gasteiger partial charge < -0.3 is 5.32 Å². The Morgan fingerprint density at radius 1 is 1.22 bits per heavy atom. The third kappa shape index (κ3) is 5.86. The number of aromatic nitrogens is 2. The first-order valence-corrected chi connectivity index (χ1v) is 9.29. The number of hydrazone groups is 1. The van der Waals surface area contributed by atoms with E-state index < -0.39 is 6.03 Å². The normalized spacial score (nSPS) is 16.1. The third-order valence-corrected chi connectivity index (χ3v) is 4.75. The summed E-state index contributed by atoms with van der Waals surface area (Å²) in [5, 5.41) is 6.82. The molecule has 27 heavy (non-hydrogen) atoms. The lowest BCUT2D eigenvalue weighted by molar-refractivity contribution is 0.185. The smallest absolute Gasteiger partial charge is 0.307 e. The zero-order valence-electron chi connectivity index (χ0n) is 15.9. The highest BCUT2D eigenvalue weighted by Gasteiger charge is 2.15. The SMILES string of the molecule is C/C(=N\NC(=O)Nc1ccc(CN2CCC(C)CC2)cc1)c1cnccn1. The van der Waals surface area contributed by atoms with Crippen LogP contribution >= 0.6 is 0 Å². The van der Waals surface area contributed by atoms with E-state index in [1.165, 1.54) is 18.4 Å². The number of hydrogen-bond acceptors (Lipinski definition) is 5. The fourth-order valence-electron chi connectivity index (χ4n) is 3.01. The Labute approximate surface area is 159 Å². The van der Waals surface area contributed by atoms with Gasteiger partial charge in [0, 0.05) is 24.6 Å². The summed E-state index contributed by atoms with van der Waals surface area (Å²) >= 11 is 0. The van der Waals surface area contributed by atoms with Crippen LogP contribution in [0.1, 0.15) is 37.9 Å². The number of hydrogen-bond donors (Lipinski definition) is 2. The van der Waals surface area contributed by atoms with Gasteiger partial charge in [0.15, 0.2) is 0 Å². The van der Waals surface area contributed by atoms with Gasteiger partial charge in [-0.05, 0) is 56.5 Å². The van der Waals surface area contributed by atoms with Crippen LogP contribution in [0.2, 0.25) is 0 Å². The fraction of sp³-hybridized carbons (Fsp3) is 0.400. The van der Waals surface area contributed by atoms with Gasteiger partial charge in [0.1, 0.15) is 5.69 Å². The van der Waals surface area contributed by atoms with E-state index in [2.05, 4.69) is 49.8 Å². The second-order valence-electron chi connectivity index (χ2n) is 7.01. The molecule has 1 saturated heterocycles. The predicted molar refractivity (Wildman–Crippen MR) is 107 cm³/mol. The number of amides is 2. The summed E-state index contributed by atoms with van der Waals surface area (Å²) in [6.07, 6.45) is 7.32. The van der Waals surface area contributed by atoms with Gasteiger partial charge in [0.2, 0.25) is 0 Å². The molecule has 0 unspecified atom stereocenters. The molecule has 7 heteroatoms. The first-order valence-electron chi connectivity index (χ1n) is 9.29. The van der Waals surface area contributed by atoms with E-state index in [4.69, 9.17) is 0 Å². The van der Waals surface area contributed by atoms with Crippen LogP contribution in [0.25, 0.3) is 0 Å². The number of anilines is 1. The Bertz CT molecular complexity index is 767. The van der Waals surface area contributed by atoms with Gasteiger partial charge >= 0.3 is 6.03 Å². The molecule has 2 heterocycles. The van der Waals surface area contributed by atoms with Crippen molar-refractivity contribution in [1.29, 1.82) is 0 Å². The molecule has 0 atom stereocenters. The van der Waals surface area contributed by atoms with Crippen LogP contribution in [0.3, 0.4) is 0 Å². The van der Waals surface area contributed by atoms with Crippen molar-refractivity contribution in [2.24, 2.45) is 11.0 Å². The lowest BCUT2D eigenvalue weighted by Gasteiger charge is -2.30. The number of nitrogens with one attached hydrogen (secondary N) is 2. The Kier molecular flexibility index (Phi) is 6.49. The quantitative estimate of drug-likeness (QED) is 0.628. The highest BCUT2D eigenvalue weighted by Crippen LogP contribution is 2.19. The average molecular weight is 366 g/mol. The number of rotatable bonds is 5. The number of nitrogens with zero attached hydrogens (tertiary/aromatic N) is 4. The van der Waals surface area contributed by atoms with Crippen LogP contribution in [-0.4, -0.2) is 39.7 Å². The number of piperidine rings is 1. The predicted octanol–water partition coefficient (Wildman–Crippen LogP) is 3.25. The molecule has 0 spiro atoms. The molecule has 0 radical (unpaired) electrons. The molecule has 3 rings (SSSR count). The van der Waals surface area contributed by atoms with E-state index in [0.717, 1.165) is 31.2 Å².